The number of ketones is 1. The molecule has 4 heteroatoms. The van der Waals surface area contributed by atoms with Crippen molar-refractivity contribution < 1.29 is 20.1 Å². The van der Waals surface area contributed by atoms with Crippen molar-refractivity contribution in [2.45, 2.75) is 72.2 Å². The summed E-state index contributed by atoms with van der Waals surface area (Å²) in [5, 5.41) is 33.0. The van der Waals surface area contributed by atoms with Crippen LogP contribution in [0.2, 0.25) is 0 Å². The predicted octanol–water partition coefficient (Wildman–Crippen LogP) is 2.07. The van der Waals surface area contributed by atoms with Gasteiger partial charge in [-0.05, 0) is 54.9 Å². The third-order valence-electron chi connectivity index (χ3n) is 8.61. The van der Waals surface area contributed by atoms with Gasteiger partial charge in [0.15, 0.2) is 5.78 Å². The Labute approximate surface area is 144 Å². The van der Waals surface area contributed by atoms with E-state index in [1.165, 1.54) is 0 Å². The fourth-order valence-corrected chi connectivity index (χ4v) is 6.44. The zero-order chi connectivity index (χ0) is 17.8. The highest BCUT2D eigenvalue weighted by Gasteiger charge is 2.73. The van der Waals surface area contributed by atoms with Crippen LogP contribution < -0.4 is 0 Å². The van der Waals surface area contributed by atoms with Gasteiger partial charge in [0.2, 0.25) is 0 Å². The fraction of sp³-hybridized carbons (Fsp3) is 0.850. The van der Waals surface area contributed by atoms with Crippen molar-refractivity contribution in [2.24, 2.45) is 34.0 Å². The smallest absolute Gasteiger partial charge is 0.168 e. The lowest BCUT2D eigenvalue weighted by Gasteiger charge is -2.54. The lowest BCUT2D eigenvalue weighted by atomic mass is 9.50. The lowest BCUT2D eigenvalue weighted by molar-refractivity contribution is -0.161. The summed E-state index contributed by atoms with van der Waals surface area (Å²) in [5.74, 6) is 0.437. The molecule has 2 fully saturated rings. The van der Waals surface area contributed by atoms with Gasteiger partial charge in [-0.1, -0.05) is 27.7 Å². The zero-order valence-electron chi connectivity index (χ0n) is 15.3. The molecular weight excluding hydrogens is 304 g/mol. The molecule has 8 atom stereocenters. The molecule has 0 aliphatic heterocycles. The van der Waals surface area contributed by atoms with Crippen molar-refractivity contribution in [2.75, 3.05) is 0 Å². The Kier molecular flexibility index (Phi) is 3.15. The summed E-state index contributed by atoms with van der Waals surface area (Å²) in [7, 11) is 0. The molecule has 0 bridgehead atoms. The normalized spacial score (nSPS) is 55.6. The first kappa shape index (κ1) is 16.7. The van der Waals surface area contributed by atoms with Crippen LogP contribution >= 0.6 is 0 Å². The summed E-state index contributed by atoms with van der Waals surface area (Å²) in [6, 6.07) is 0. The molecule has 0 aromatic heterocycles. The molecule has 0 amide bonds. The number of allylic oxidation sites excluding steroid dienone is 1. The minimum atomic E-state index is -0.984. The van der Waals surface area contributed by atoms with Gasteiger partial charge < -0.3 is 15.3 Å². The highest BCUT2D eigenvalue weighted by Crippen LogP contribution is 2.71. The first-order valence-electron chi connectivity index (χ1n) is 9.31. The van der Waals surface area contributed by atoms with E-state index in [0.717, 1.165) is 6.42 Å². The predicted molar refractivity (Wildman–Crippen MR) is 90.0 cm³/mol. The van der Waals surface area contributed by atoms with Crippen LogP contribution in [0.3, 0.4) is 0 Å². The van der Waals surface area contributed by atoms with E-state index in [1.54, 1.807) is 0 Å². The molecule has 0 unspecified atom stereocenters. The highest BCUT2D eigenvalue weighted by molar-refractivity contribution is 6.03. The number of hydrogen-bond donors (Lipinski definition) is 3. The topological polar surface area (TPSA) is 77.8 Å². The maximum atomic E-state index is 13.5. The standard InChI is InChI=1S/C20H30O4/c1-9-8-10-12(14(9)21)16(23)19(4)7-6-11-13(18(11,2)3)17(24)20(19,5)15(10)22/h9,11,13-14,16-17,21,23-24H,6-8H2,1-5H3/t9-,11-,13-,14+,16-,17+,19+,20-/m0/s1. The van der Waals surface area contributed by atoms with Crippen molar-refractivity contribution in [1.82, 2.24) is 0 Å². The second-order valence-corrected chi connectivity index (χ2v) is 9.85. The SMILES string of the molecule is C[C@H]1CC2=C([C@@H]1O)[C@H](O)[C@@]1(C)CC[C@H]3[C@@H]([C@@H](O)[C@]1(C)C2=O)C3(C)C. The third kappa shape index (κ3) is 1.59. The van der Waals surface area contributed by atoms with Gasteiger partial charge in [0.25, 0.3) is 0 Å². The van der Waals surface area contributed by atoms with E-state index in [4.69, 9.17) is 0 Å². The van der Waals surface area contributed by atoms with E-state index in [1.807, 2.05) is 20.8 Å². The molecular formula is C20H30O4. The van der Waals surface area contributed by atoms with Crippen molar-refractivity contribution in [3.63, 3.8) is 0 Å². The third-order valence-corrected chi connectivity index (χ3v) is 8.61. The maximum Gasteiger partial charge on any atom is 0.168 e. The van der Waals surface area contributed by atoms with Gasteiger partial charge in [0.1, 0.15) is 0 Å². The van der Waals surface area contributed by atoms with Crippen LogP contribution in [0.1, 0.15) is 53.9 Å². The van der Waals surface area contributed by atoms with Crippen LogP contribution in [-0.2, 0) is 4.79 Å². The van der Waals surface area contributed by atoms with E-state index < -0.39 is 29.1 Å². The van der Waals surface area contributed by atoms with E-state index >= 15 is 0 Å². The minimum absolute atomic E-state index is 0.0375. The first-order chi connectivity index (χ1) is 11.0. The average Bonchev–Trinajstić information content (AvgIpc) is 2.97. The Morgan fingerprint density at radius 3 is 2.33 bits per heavy atom. The molecule has 2 saturated carbocycles. The summed E-state index contributed by atoms with van der Waals surface area (Å²) in [4.78, 5) is 13.5. The van der Waals surface area contributed by atoms with Crippen molar-refractivity contribution in [3.8, 4) is 0 Å². The molecule has 3 N–H and O–H groups in total. The summed E-state index contributed by atoms with van der Waals surface area (Å²) in [6.45, 7) is 10.1. The minimum Gasteiger partial charge on any atom is -0.392 e. The molecule has 0 saturated heterocycles. The van der Waals surface area contributed by atoms with Crippen LogP contribution in [0.4, 0.5) is 0 Å². The second kappa shape index (κ2) is 4.52. The van der Waals surface area contributed by atoms with Crippen LogP contribution in [0.25, 0.3) is 0 Å². The average molecular weight is 334 g/mol. The molecule has 0 aromatic rings. The molecule has 4 nitrogen and oxygen atoms in total. The maximum absolute atomic E-state index is 13.5. The molecule has 4 aliphatic carbocycles. The van der Waals surface area contributed by atoms with Gasteiger partial charge in [-0.15, -0.1) is 0 Å². The number of rotatable bonds is 0. The van der Waals surface area contributed by atoms with Gasteiger partial charge in [0, 0.05) is 11.0 Å². The van der Waals surface area contributed by atoms with E-state index in [2.05, 4.69) is 13.8 Å². The monoisotopic (exact) mass is 334 g/mol. The molecule has 4 rings (SSSR count). The van der Waals surface area contributed by atoms with Gasteiger partial charge >= 0.3 is 0 Å². The molecule has 4 aliphatic rings. The number of aliphatic hydroxyl groups is 3. The molecule has 134 valence electrons. The number of fused-ring (bicyclic) bond motifs is 2. The quantitative estimate of drug-likeness (QED) is 0.634. The number of carbonyl (C=O) groups is 1. The van der Waals surface area contributed by atoms with Crippen LogP contribution in [-0.4, -0.2) is 39.4 Å². The number of carbonyl (C=O) groups excluding carboxylic acids is 1. The Morgan fingerprint density at radius 1 is 1.08 bits per heavy atom. The van der Waals surface area contributed by atoms with Gasteiger partial charge in [0.05, 0.1) is 23.7 Å². The Bertz CT molecular complexity index is 650. The number of aliphatic hydroxyl groups excluding tert-OH is 3. The zero-order valence-corrected chi connectivity index (χ0v) is 15.3. The Hall–Kier alpha value is -0.710. The van der Waals surface area contributed by atoms with E-state index in [9.17, 15) is 20.1 Å². The van der Waals surface area contributed by atoms with Crippen molar-refractivity contribution >= 4 is 5.78 Å². The summed E-state index contributed by atoms with van der Waals surface area (Å²) in [6.07, 6.45) is -0.219. The molecule has 24 heavy (non-hydrogen) atoms. The largest absolute Gasteiger partial charge is 0.392 e. The van der Waals surface area contributed by atoms with E-state index in [-0.39, 0.29) is 23.0 Å². The Balaban J connectivity index is 1.87. The van der Waals surface area contributed by atoms with Crippen LogP contribution in [0.15, 0.2) is 11.1 Å². The molecule has 0 aromatic carbocycles. The summed E-state index contributed by atoms with van der Waals surface area (Å²) >= 11 is 0. The second-order valence-electron chi connectivity index (χ2n) is 9.85. The number of Topliss-reactive ketones (excluding diaryl/α,β-unsaturated/α-hetero) is 1. The lowest BCUT2D eigenvalue weighted by Crippen LogP contribution is -2.61. The van der Waals surface area contributed by atoms with Gasteiger partial charge in [-0.25, -0.2) is 0 Å². The Morgan fingerprint density at radius 2 is 1.71 bits per heavy atom. The molecule has 0 spiro atoms. The van der Waals surface area contributed by atoms with Crippen molar-refractivity contribution in [1.29, 1.82) is 0 Å². The number of hydrogen-bond acceptors (Lipinski definition) is 4. The van der Waals surface area contributed by atoms with Crippen LogP contribution in [0.5, 0.6) is 0 Å². The van der Waals surface area contributed by atoms with Crippen LogP contribution in [0, 0.1) is 34.0 Å². The molecule has 0 radical (unpaired) electrons. The van der Waals surface area contributed by atoms with E-state index in [0.29, 0.717) is 29.9 Å². The summed E-state index contributed by atoms with van der Waals surface area (Å²) in [5.41, 5.74) is -0.529. The molecule has 0 heterocycles. The van der Waals surface area contributed by atoms with Gasteiger partial charge in [-0.3, -0.25) is 4.79 Å². The fourth-order valence-electron chi connectivity index (χ4n) is 6.44. The summed E-state index contributed by atoms with van der Waals surface area (Å²) < 4.78 is 0. The highest BCUT2D eigenvalue weighted by atomic mass is 16.3. The first-order valence-corrected chi connectivity index (χ1v) is 9.31. The van der Waals surface area contributed by atoms with Gasteiger partial charge in [-0.2, -0.15) is 0 Å². The van der Waals surface area contributed by atoms with Crippen molar-refractivity contribution in [3.05, 3.63) is 11.1 Å².